The molecule has 1 saturated carbocycles. The molecule has 0 atom stereocenters. The summed E-state index contributed by atoms with van der Waals surface area (Å²) in [5.41, 5.74) is 4.67. The third kappa shape index (κ3) is 6.33. The molecule has 0 amide bonds. The molecule has 0 unspecified atom stereocenters. The van der Waals surface area contributed by atoms with Crippen LogP contribution in [0.3, 0.4) is 0 Å². The first kappa shape index (κ1) is 29.0. The van der Waals surface area contributed by atoms with E-state index in [0.29, 0.717) is 11.6 Å². The second kappa shape index (κ2) is 11.9. The van der Waals surface area contributed by atoms with Crippen LogP contribution >= 0.6 is 37.2 Å². The van der Waals surface area contributed by atoms with Crippen molar-refractivity contribution in [1.29, 1.82) is 0 Å². The number of carbonyl (C=O) groups is 1. The summed E-state index contributed by atoms with van der Waals surface area (Å²) in [6.07, 6.45) is 9.54. The van der Waals surface area contributed by atoms with Gasteiger partial charge in [0.1, 0.15) is 5.52 Å². The number of anilines is 1. The Hall–Kier alpha value is -1.99. The second-order valence-corrected chi connectivity index (χ2v) is 8.78. The van der Waals surface area contributed by atoms with Gasteiger partial charge in [-0.25, -0.2) is 4.98 Å². The lowest BCUT2D eigenvalue weighted by molar-refractivity contribution is 0.101. The van der Waals surface area contributed by atoms with Gasteiger partial charge < -0.3 is 10.2 Å². The van der Waals surface area contributed by atoms with E-state index < -0.39 is 0 Å². The van der Waals surface area contributed by atoms with Crippen molar-refractivity contribution >= 4 is 59.7 Å². The number of nitrogens with zero attached hydrogens (tertiary/aromatic N) is 4. The number of hydrogen-bond donors (Lipinski definition) is 1. The van der Waals surface area contributed by atoms with E-state index in [1.807, 2.05) is 24.3 Å². The zero-order valence-corrected chi connectivity index (χ0v) is 21.8. The van der Waals surface area contributed by atoms with Crippen LogP contribution in [-0.2, 0) is 0 Å². The van der Waals surface area contributed by atoms with Gasteiger partial charge in [0.05, 0.1) is 22.5 Å². The van der Waals surface area contributed by atoms with Gasteiger partial charge in [-0.1, -0.05) is 0 Å². The highest BCUT2D eigenvalue weighted by Crippen LogP contribution is 2.36. The molecular weight excluding hydrogens is 481 g/mol. The predicted octanol–water partition coefficient (Wildman–Crippen LogP) is 5.83. The maximum atomic E-state index is 12.4. The summed E-state index contributed by atoms with van der Waals surface area (Å²) in [5, 5.41) is 3.73. The molecule has 6 nitrogen and oxygen atoms in total. The monoisotopic (exact) mass is 511 g/mol. The molecule has 0 radical (unpaired) electrons. The minimum atomic E-state index is -0.0840. The van der Waals surface area contributed by atoms with Gasteiger partial charge in [-0.2, -0.15) is 0 Å². The van der Waals surface area contributed by atoms with Crippen LogP contribution < -0.4 is 5.32 Å². The Balaban J connectivity index is 0.00000181. The van der Waals surface area contributed by atoms with Crippen LogP contribution in [0.5, 0.6) is 0 Å². The van der Waals surface area contributed by atoms with Crippen LogP contribution in [0.4, 0.5) is 5.69 Å². The van der Waals surface area contributed by atoms with Crippen molar-refractivity contribution in [3.63, 3.8) is 0 Å². The molecule has 0 spiro atoms. The van der Waals surface area contributed by atoms with Crippen LogP contribution in [0.2, 0.25) is 0 Å². The van der Waals surface area contributed by atoms with Crippen molar-refractivity contribution < 1.29 is 4.79 Å². The van der Waals surface area contributed by atoms with Gasteiger partial charge in [-0.15, -0.1) is 37.2 Å². The molecule has 3 aromatic heterocycles. The highest BCUT2D eigenvalue weighted by atomic mass is 35.5. The van der Waals surface area contributed by atoms with E-state index in [1.165, 1.54) is 0 Å². The van der Waals surface area contributed by atoms with Gasteiger partial charge in [0.15, 0.2) is 5.78 Å². The molecule has 1 aliphatic rings. The fourth-order valence-electron chi connectivity index (χ4n) is 4.33. The van der Waals surface area contributed by atoms with Crippen molar-refractivity contribution in [3.05, 3.63) is 48.4 Å². The SMILES string of the molecule is CC(=O)c1cnc2ccc(-c3ccncc3)nc2c1NC1(C)CCC(N(C)C)CC1.Cl.Cl.Cl. The van der Waals surface area contributed by atoms with Crippen LogP contribution in [0.1, 0.15) is 49.9 Å². The average molecular weight is 513 g/mol. The first-order valence-electron chi connectivity index (χ1n) is 10.5. The number of aromatic nitrogens is 3. The highest BCUT2D eigenvalue weighted by Gasteiger charge is 2.33. The third-order valence-electron chi connectivity index (χ3n) is 6.28. The number of nitrogens with one attached hydrogen (secondary N) is 1. The first-order valence-corrected chi connectivity index (χ1v) is 10.5. The molecule has 1 fully saturated rings. The molecule has 0 aliphatic heterocycles. The summed E-state index contributed by atoms with van der Waals surface area (Å²) in [5.74, 6) is -0.00593. The van der Waals surface area contributed by atoms with Crippen molar-refractivity contribution in [3.8, 4) is 11.3 Å². The minimum absolute atomic E-state index is 0. The molecule has 4 rings (SSSR count). The molecule has 1 N–H and O–H groups in total. The van der Waals surface area contributed by atoms with E-state index in [-0.39, 0.29) is 48.5 Å². The third-order valence-corrected chi connectivity index (χ3v) is 6.28. The van der Waals surface area contributed by atoms with E-state index >= 15 is 0 Å². The van der Waals surface area contributed by atoms with Gasteiger partial charge in [0, 0.05) is 35.7 Å². The smallest absolute Gasteiger partial charge is 0.163 e. The van der Waals surface area contributed by atoms with Gasteiger partial charge in [0.2, 0.25) is 0 Å². The number of fused-ring (bicyclic) bond motifs is 1. The Kier molecular flexibility index (Phi) is 10.5. The van der Waals surface area contributed by atoms with Crippen LogP contribution in [0.25, 0.3) is 22.3 Å². The molecule has 180 valence electrons. The van der Waals surface area contributed by atoms with E-state index in [0.717, 1.165) is 53.7 Å². The maximum Gasteiger partial charge on any atom is 0.163 e. The lowest BCUT2D eigenvalue weighted by Gasteiger charge is -2.41. The Morgan fingerprint density at radius 3 is 2.27 bits per heavy atom. The molecule has 9 heteroatoms. The molecule has 33 heavy (non-hydrogen) atoms. The Bertz CT molecular complexity index is 1070. The Morgan fingerprint density at radius 1 is 1.06 bits per heavy atom. The van der Waals surface area contributed by atoms with Gasteiger partial charge in [-0.05, 0) is 77.9 Å². The summed E-state index contributed by atoms with van der Waals surface area (Å²) >= 11 is 0. The van der Waals surface area contributed by atoms with Crippen molar-refractivity contribution in [1.82, 2.24) is 19.9 Å². The second-order valence-electron chi connectivity index (χ2n) is 8.78. The van der Waals surface area contributed by atoms with E-state index in [1.54, 1.807) is 25.5 Å². The molecule has 1 aliphatic carbocycles. The maximum absolute atomic E-state index is 12.4. The van der Waals surface area contributed by atoms with Crippen LogP contribution in [-0.4, -0.2) is 51.3 Å². The quantitative estimate of drug-likeness (QED) is 0.433. The fourth-order valence-corrected chi connectivity index (χ4v) is 4.33. The predicted molar refractivity (Wildman–Crippen MR) is 142 cm³/mol. The van der Waals surface area contributed by atoms with Crippen LogP contribution in [0.15, 0.2) is 42.9 Å². The van der Waals surface area contributed by atoms with E-state index in [9.17, 15) is 4.79 Å². The van der Waals surface area contributed by atoms with E-state index in [4.69, 9.17) is 4.98 Å². The topological polar surface area (TPSA) is 71.0 Å². The Morgan fingerprint density at radius 2 is 1.70 bits per heavy atom. The summed E-state index contributed by atoms with van der Waals surface area (Å²) in [7, 11) is 4.30. The average Bonchev–Trinajstić information content (AvgIpc) is 2.74. The summed E-state index contributed by atoms with van der Waals surface area (Å²) in [6, 6.07) is 8.42. The standard InChI is InChI=1S/C24H29N5O.3ClH/c1-16(30)19-15-26-21-6-5-20(17-9-13-25-14-10-17)27-23(21)22(19)28-24(2)11-7-18(8-12-24)29(3)4;;;/h5-6,9-10,13-15,18H,7-8,11-12H2,1-4H3,(H,26,28);3*1H. The molecule has 0 saturated heterocycles. The zero-order valence-electron chi connectivity index (χ0n) is 19.4. The highest BCUT2D eigenvalue weighted by molar-refractivity contribution is 6.06. The van der Waals surface area contributed by atoms with Gasteiger partial charge in [-0.3, -0.25) is 14.8 Å². The number of ketones is 1. The van der Waals surface area contributed by atoms with Gasteiger partial charge >= 0.3 is 0 Å². The number of halogens is 3. The van der Waals surface area contributed by atoms with E-state index in [2.05, 4.69) is 41.2 Å². The normalized spacial score (nSPS) is 19.7. The lowest BCUT2D eigenvalue weighted by Crippen LogP contribution is -2.44. The fraction of sp³-hybridized carbons (Fsp3) is 0.417. The minimum Gasteiger partial charge on any atom is -0.377 e. The number of pyridine rings is 3. The number of carbonyl (C=O) groups excluding carboxylic acids is 1. The van der Waals surface area contributed by atoms with Crippen molar-refractivity contribution in [2.24, 2.45) is 0 Å². The largest absolute Gasteiger partial charge is 0.377 e. The molecule has 0 bridgehead atoms. The first-order chi connectivity index (χ1) is 14.4. The molecule has 3 aromatic rings. The Labute approximate surface area is 214 Å². The molecule has 0 aromatic carbocycles. The number of rotatable bonds is 5. The van der Waals surface area contributed by atoms with Crippen LogP contribution in [0, 0.1) is 0 Å². The molecule has 3 heterocycles. The summed E-state index contributed by atoms with van der Waals surface area (Å²) < 4.78 is 0. The number of hydrogen-bond acceptors (Lipinski definition) is 6. The summed E-state index contributed by atoms with van der Waals surface area (Å²) in [4.78, 5) is 28.3. The van der Waals surface area contributed by atoms with Crippen molar-refractivity contribution in [2.75, 3.05) is 19.4 Å². The number of Topliss-reactive ketones (excluding diaryl/α,β-unsaturated/α-hetero) is 1. The zero-order chi connectivity index (χ0) is 21.3. The lowest BCUT2D eigenvalue weighted by atomic mass is 9.80. The van der Waals surface area contributed by atoms with Crippen molar-refractivity contribution in [2.45, 2.75) is 51.1 Å². The van der Waals surface area contributed by atoms with Gasteiger partial charge in [0.25, 0.3) is 0 Å². The molecular formula is C24H32Cl3N5O. The summed E-state index contributed by atoms with van der Waals surface area (Å²) in [6.45, 7) is 3.84.